The monoisotopic (exact) mass is 552 g/mol. The number of hydrogen-bond acceptors (Lipinski definition) is 7. The van der Waals surface area contributed by atoms with Crippen molar-refractivity contribution in [1.29, 1.82) is 0 Å². The summed E-state index contributed by atoms with van der Waals surface area (Å²) in [5, 5.41) is 0. The van der Waals surface area contributed by atoms with Crippen LogP contribution in [0.2, 0.25) is 0 Å². The van der Waals surface area contributed by atoms with Crippen molar-refractivity contribution < 1.29 is 26.0 Å². The van der Waals surface area contributed by atoms with Gasteiger partial charge in [-0.3, -0.25) is 9.62 Å². The highest BCUT2D eigenvalue weighted by Gasteiger charge is 2.39. The van der Waals surface area contributed by atoms with Crippen LogP contribution in [0.25, 0.3) is 0 Å². The van der Waals surface area contributed by atoms with Crippen molar-refractivity contribution in [1.82, 2.24) is 9.21 Å². The fourth-order valence-electron chi connectivity index (χ4n) is 5.42. The third kappa shape index (κ3) is 5.49. The van der Waals surface area contributed by atoms with Crippen LogP contribution in [-0.4, -0.2) is 85.1 Å². The van der Waals surface area contributed by atoms with Gasteiger partial charge in [-0.1, -0.05) is 6.07 Å². The predicted octanol–water partition coefficient (Wildman–Crippen LogP) is 2.57. The molecule has 4 aliphatic rings. The van der Waals surface area contributed by atoms with E-state index in [9.17, 15) is 16.8 Å². The van der Waals surface area contributed by atoms with Crippen molar-refractivity contribution in [3.63, 3.8) is 0 Å². The summed E-state index contributed by atoms with van der Waals surface area (Å²) in [4.78, 5) is 4.26. The van der Waals surface area contributed by atoms with E-state index in [1.54, 1.807) is 6.07 Å². The molecule has 0 saturated carbocycles. The molecular formula is C25H33FN4O5S2. The molecule has 2 aromatic rings. The van der Waals surface area contributed by atoms with Crippen molar-refractivity contribution in [2.24, 2.45) is 5.92 Å². The quantitative estimate of drug-likeness (QED) is 0.538. The first-order valence-electron chi connectivity index (χ1n) is 12.5. The zero-order chi connectivity index (χ0) is 26.4. The summed E-state index contributed by atoms with van der Waals surface area (Å²) in [6.45, 7) is 4.25. The Morgan fingerprint density at radius 2 is 1.57 bits per heavy atom. The lowest BCUT2D eigenvalue weighted by molar-refractivity contribution is -0.182. The smallest absolute Gasteiger partial charge is 0.261 e. The first kappa shape index (κ1) is 26.4. The van der Waals surface area contributed by atoms with E-state index in [2.05, 4.69) is 9.62 Å². The van der Waals surface area contributed by atoms with E-state index in [-0.39, 0.29) is 21.2 Å². The molecule has 1 N–H and O–H groups in total. The number of para-hydroxylation sites is 1. The number of fused-ring (bicyclic) bond motifs is 2. The number of piperidine rings is 2. The van der Waals surface area contributed by atoms with Crippen LogP contribution in [0, 0.1) is 11.7 Å². The number of morpholine rings is 1. The average Bonchev–Trinajstić information content (AvgIpc) is 2.84. The van der Waals surface area contributed by atoms with Crippen molar-refractivity contribution in [2.75, 3.05) is 56.4 Å². The van der Waals surface area contributed by atoms with Crippen molar-refractivity contribution in [2.45, 2.75) is 41.3 Å². The number of hydrogen-bond donors (Lipinski definition) is 1. The maximum absolute atomic E-state index is 15.0. The molecule has 12 heteroatoms. The van der Waals surface area contributed by atoms with E-state index in [1.165, 1.54) is 56.9 Å². The molecule has 0 aliphatic carbocycles. The number of ether oxygens (including phenoxy) is 1. The first-order chi connectivity index (χ1) is 17.5. The second-order valence-electron chi connectivity index (χ2n) is 10.3. The number of anilines is 2. The molecule has 2 aromatic carbocycles. The zero-order valence-corrected chi connectivity index (χ0v) is 22.6. The average molecular weight is 553 g/mol. The fraction of sp³-hybridized carbons (Fsp3) is 0.520. The van der Waals surface area contributed by atoms with Crippen molar-refractivity contribution in [3.05, 3.63) is 48.3 Å². The molecule has 0 spiro atoms. The van der Waals surface area contributed by atoms with E-state index >= 15 is 4.39 Å². The molecule has 2 atom stereocenters. The van der Waals surface area contributed by atoms with Crippen LogP contribution in [0.4, 0.5) is 15.8 Å². The van der Waals surface area contributed by atoms with Crippen molar-refractivity contribution >= 4 is 31.4 Å². The Bertz CT molecular complexity index is 1330. The lowest BCUT2D eigenvalue weighted by atomic mass is 9.92. The Kier molecular flexibility index (Phi) is 7.22. The van der Waals surface area contributed by atoms with Gasteiger partial charge in [0.25, 0.3) is 10.0 Å². The second kappa shape index (κ2) is 10.1. The van der Waals surface area contributed by atoms with Crippen LogP contribution >= 0.6 is 0 Å². The van der Waals surface area contributed by atoms with Gasteiger partial charge in [-0.25, -0.2) is 25.5 Å². The minimum atomic E-state index is -4.08. The summed E-state index contributed by atoms with van der Waals surface area (Å²) in [6, 6.07) is 9.32. The third-order valence-corrected chi connectivity index (χ3v) is 10.6. The number of halogens is 1. The minimum Gasteiger partial charge on any atom is -0.372 e. The molecule has 2 bridgehead atoms. The summed E-state index contributed by atoms with van der Waals surface area (Å²) in [7, 11) is -4.96. The molecule has 0 radical (unpaired) electrons. The highest BCUT2D eigenvalue weighted by atomic mass is 32.2. The third-order valence-electron chi connectivity index (χ3n) is 7.43. The molecule has 4 fully saturated rings. The normalized spacial score (nSPS) is 23.2. The van der Waals surface area contributed by atoms with Crippen LogP contribution in [0.1, 0.15) is 19.3 Å². The maximum Gasteiger partial charge on any atom is 0.261 e. The first-order valence-corrected chi connectivity index (χ1v) is 15.4. The summed E-state index contributed by atoms with van der Waals surface area (Å²) >= 11 is 0. The highest BCUT2D eigenvalue weighted by molar-refractivity contribution is 7.92. The molecule has 4 heterocycles. The van der Waals surface area contributed by atoms with E-state index < -0.39 is 25.9 Å². The minimum absolute atomic E-state index is 0.0140. The summed E-state index contributed by atoms with van der Waals surface area (Å²) < 4.78 is 75.1. The molecule has 4 saturated heterocycles. The Balaban J connectivity index is 1.27. The SMILES string of the molecule is CN(C)S(=O)(=O)c1ccc(S(=O)(=O)Nc2cccc(F)c2N2CCC(CN3CC4CC(C3)O4)CC2)cc1. The fourth-order valence-corrected chi connectivity index (χ4v) is 7.39. The Morgan fingerprint density at radius 3 is 2.16 bits per heavy atom. The largest absolute Gasteiger partial charge is 0.372 e. The van der Waals surface area contributed by atoms with Gasteiger partial charge in [0.2, 0.25) is 10.0 Å². The molecule has 4 aliphatic heterocycles. The Labute approximate surface area is 218 Å². The van der Waals surface area contributed by atoms with E-state index in [4.69, 9.17) is 4.74 Å². The molecular weight excluding hydrogens is 519 g/mol. The van der Waals surface area contributed by atoms with Gasteiger partial charge in [-0.15, -0.1) is 0 Å². The molecule has 0 amide bonds. The zero-order valence-electron chi connectivity index (χ0n) is 21.0. The number of nitrogens with one attached hydrogen (secondary N) is 1. The highest BCUT2D eigenvalue weighted by Crippen LogP contribution is 2.35. The van der Waals surface area contributed by atoms with Gasteiger partial charge in [0.15, 0.2) is 0 Å². The van der Waals surface area contributed by atoms with Crippen LogP contribution in [0.15, 0.2) is 52.3 Å². The number of benzene rings is 2. The van der Waals surface area contributed by atoms with Crippen LogP contribution in [0.5, 0.6) is 0 Å². The second-order valence-corrected chi connectivity index (χ2v) is 14.1. The van der Waals surface area contributed by atoms with Gasteiger partial charge >= 0.3 is 0 Å². The predicted molar refractivity (Wildman–Crippen MR) is 139 cm³/mol. The van der Waals surface area contributed by atoms with Gasteiger partial charge < -0.3 is 9.64 Å². The van der Waals surface area contributed by atoms with Gasteiger partial charge in [-0.2, -0.15) is 0 Å². The lowest BCUT2D eigenvalue weighted by Gasteiger charge is -2.48. The van der Waals surface area contributed by atoms with Crippen LogP contribution in [-0.2, 0) is 24.8 Å². The lowest BCUT2D eigenvalue weighted by Crippen LogP contribution is -2.58. The molecule has 9 nitrogen and oxygen atoms in total. The number of nitrogens with zero attached hydrogens (tertiary/aromatic N) is 3. The van der Waals surface area contributed by atoms with Gasteiger partial charge in [0.1, 0.15) is 5.82 Å². The van der Waals surface area contributed by atoms with Crippen LogP contribution < -0.4 is 9.62 Å². The summed E-state index contributed by atoms with van der Waals surface area (Å²) in [5.74, 6) is 0.0250. The standard InChI is InChI=1S/C25H33FN4O5S2/c1-28(2)37(33,34)22-8-6-21(7-9-22)36(31,32)27-24-5-3-4-23(26)25(24)30-12-10-18(11-13-30)15-29-16-19-14-20(17-29)35-19/h3-9,18-20,27H,10-17H2,1-2H3. The molecule has 0 aromatic heterocycles. The van der Waals surface area contributed by atoms with E-state index in [0.29, 0.717) is 31.2 Å². The molecule has 202 valence electrons. The van der Waals surface area contributed by atoms with Crippen LogP contribution in [0.3, 0.4) is 0 Å². The molecule has 2 unspecified atom stereocenters. The Morgan fingerprint density at radius 1 is 0.973 bits per heavy atom. The molecule has 6 rings (SSSR count). The van der Waals surface area contributed by atoms with Gasteiger partial charge in [0.05, 0.1) is 33.4 Å². The van der Waals surface area contributed by atoms with Gasteiger partial charge in [-0.05, 0) is 55.2 Å². The van der Waals surface area contributed by atoms with Gasteiger partial charge in [0, 0.05) is 53.2 Å². The van der Waals surface area contributed by atoms with E-state index in [0.717, 1.165) is 36.8 Å². The number of sulfonamides is 2. The topological polar surface area (TPSA) is 99.3 Å². The summed E-state index contributed by atoms with van der Waals surface area (Å²) in [5.41, 5.74) is 0.403. The summed E-state index contributed by atoms with van der Waals surface area (Å²) in [6.07, 6.45) is 3.72. The Hall–Kier alpha value is -2.25. The molecule has 37 heavy (non-hydrogen) atoms. The van der Waals surface area contributed by atoms with Crippen molar-refractivity contribution in [3.8, 4) is 0 Å². The maximum atomic E-state index is 15.0. The van der Waals surface area contributed by atoms with E-state index in [1.807, 2.05) is 4.90 Å². The number of rotatable bonds is 8.